The molecule has 0 aromatic carbocycles. The van der Waals surface area contributed by atoms with Crippen molar-refractivity contribution in [1.29, 1.82) is 0 Å². The minimum Gasteiger partial charge on any atom is -0.379 e. The highest BCUT2D eigenvalue weighted by Crippen LogP contribution is 2.20. The Morgan fingerprint density at radius 2 is 2.24 bits per heavy atom. The number of fused-ring (bicyclic) bond motifs is 1. The molecule has 0 N–H and O–H groups in total. The number of hydrogen-bond acceptors (Lipinski definition) is 4. The van der Waals surface area contributed by atoms with Crippen LogP contribution in [-0.4, -0.2) is 71.8 Å². The van der Waals surface area contributed by atoms with Crippen LogP contribution in [0.1, 0.15) is 19.2 Å². The Kier molecular flexibility index (Phi) is 4.93. The molecule has 0 amide bonds. The van der Waals surface area contributed by atoms with Gasteiger partial charge in [-0.15, -0.1) is 0 Å². The summed E-state index contributed by atoms with van der Waals surface area (Å²) < 4.78 is 7.75. The number of ether oxygens (including phenoxy) is 1. The number of imidazole rings is 1. The van der Waals surface area contributed by atoms with Crippen LogP contribution in [0.15, 0.2) is 12.4 Å². The van der Waals surface area contributed by atoms with Crippen molar-refractivity contribution in [3.8, 4) is 0 Å². The quantitative estimate of drug-likeness (QED) is 0.814. The number of likely N-dealkylation sites (N-methyl/N-ethyl adjacent to an activating group) is 1. The number of aryl methyl sites for hydroxylation is 1. The fourth-order valence-corrected chi connectivity index (χ4v) is 3.47. The SMILES string of the molecule is C[C@@H](CN1CCOCC1)N(C)C[C@@H]1CCc2nccn2C1. The zero-order valence-electron chi connectivity index (χ0n) is 13.4. The molecule has 2 aliphatic heterocycles. The maximum atomic E-state index is 5.42. The van der Waals surface area contributed by atoms with Gasteiger partial charge >= 0.3 is 0 Å². The molecule has 21 heavy (non-hydrogen) atoms. The van der Waals surface area contributed by atoms with E-state index >= 15 is 0 Å². The first kappa shape index (κ1) is 15.0. The first-order valence-electron chi connectivity index (χ1n) is 8.22. The molecule has 0 spiro atoms. The molecule has 1 saturated heterocycles. The van der Waals surface area contributed by atoms with Gasteiger partial charge in [-0.2, -0.15) is 0 Å². The minimum absolute atomic E-state index is 0.604. The second-order valence-electron chi connectivity index (χ2n) is 6.60. The van der Waals surface area contributed by atoms with Crippen molar-refractivity contribution in [2.45, 2.75) is 32.4 Å². The normalized spacial score (nSPS) is 25.0. The summed E-state index contributed by atoms with van der Waals surface area (Å²) in [5.41, 5.74) is 0. The van der Waals surface area contributed by atoms with Gasteiger partial charge in [-0.05, 0) is 26.3 Å². The molecule has 2 aliphatic rings. The summed E-state index contributed by atoms with van der Waals surface area (Å²) in [7, 11) is 2.27. The molecule has 1 aromatic heterocycles. The van der Waals surface area contributed by atoms with Gasteiger partial charge in [-0.3, -0.25) is 4.90 Å². The van der Waals surface area contributed by atoms with Crippen LogP contribution in [0.3, 0.4) is 0 Å². The zero-order chi connectivity index (χ0) is 14.7. The summed E-state index contributed by atoms with van der Waals surface area (Å²) in [6, 6.07) is 0.604. The van der Waals surface area contributed by atoms with Crippen molar-refractivity contribution >= 4 is 0 Å². The van der Waals surface area contributed by atoms with Crippen LogP contribution in [0.5, 0.6) is 0 Å². The van der Waals surface area contributed by atoms with Gasteiger partial charge in [-0.1, -0.05) is 0 Å². The molecule has 0 aliphatic carbocycles. The fourth-order valence-electron chi connectivity index (χ4n) is 3.47. The Bertz CT molecular complexity index is 441. The van der Waals surface area contributed by atoms with E-state index in [0.717, 1.165) is 51.7 Å². The summed E-state index contributed by atoms with van der Waals surface area (Å²) in [4.78, 5) is 9.47. The van der Waals surface area contributed by atoms with Crippen molar-refractivity contribution in [2.75, 3.05) is 46.4 Å². The topological polar surface area (TPSA) is 33.5 Å². The van der Waals surface area contributed by atoms with Crippen LogP contribution in [0.4, 0.5) is 0 Å². The number of aromatic nitrogens is 2. The van der Waals surface area contributed by atoms with Gasteiger partial charge in [0.2, 0.25) is 0 Å². The first-order valence-corrected chi connectivity index (χ1v) is 8.22. The lowest BCUT2D eigenvalue weighted by Gasteiger charge is -2.35. The molecule has 3 rings (SSSR count). The highest BCUT2D eigenvalue weighted by molar-refractivity contribution is 4.97. The van der Waals surface area contributed by atoms with Gasteiger partial charge < -0.3 is 14.2 Å². The van der Waals surface area contributed by atoms with Crippen LogP contribution in [0.2, 0.25) is 0 Å². The average Bonchev–Trinajstić information content (AvgIpc) is 2.95. The van der Waals surface area contributed by atoms with E-state index in [4.69, 9.17) is 4.74 Å². The first-order chi connectivity index (χ1) is 10.2. The largest absolute Gasteiger partial charge is 0.379 e. The van der Waals surface area contributed by atoms with Gasteiger partial charge in [0.15, 0.2) is 0 Å². The third-order valence-electron chi connectivity index (χ3n) is 4.96. The Balaban J connectivity index is 1.46. The van der Waals surface area contributed by atoms with Crippen molar-refractivity contribution in [1.82, 2.24) is 19.4 Å². The molecule has 5 nitrogen and oxygen atoms in total. The molecular formula is C16H28N4O. The Labute approximate surface area is 127 Å². The molecular weight excluding hydrogens is 264 g/mol. The van der Waals surface area contributed by atoms with Gasteiger partial charge in [0.05, 0.1) is 13.2 Å². The Morgan fingerprint density at radius 3 is 3.05 bits per heavy atom. The van der Waals surface area contributed by atoms with Crippen molar-refractivity contribution < 1.29 is 4.74 Å². The summed E-state index contributed by atoms with van der Waals surface area (Å²) >= 11 is 0. The van der Waals surface area contributed by atoms with Crippen LogP contribution in [-0.2, 0) is 17.7 Å². The summed E-state index contributed by atoms with van der Waals surface area (Å²) in [5.74, 6) is 2.01. The van der Waals surface area contributed by atoms with E-state index in [9.17, 15) is 0 Å². The smallest absolute Gasteiger partial charge is 0.108 e. The Hall–Kier alpha value is -0.910. The number of rotatable bonds is 5. The lowest BCUT2D eigenvalue weighted by atomic mass is 9.98. The van der Waals surface area contributed by atoms with Crippen molar-refractivity contribution in [3.63, 3.8) is 0 Å². The lowest BCUT2D eigenvalue weighted by Crippen LogP contribution is -2.46. The van der Waals surface area contributed by atoms with E-state index < -0.39 is 0 Å². The summed E-state index contributed by atoms with van der Waals surface area (Å²) in [5, 5.41) is 0. The summed E-state index contributed by atoms with van der Waals surface area (Å²) in [6.07, 6.45) is 6.45. The lowest BCUT2D eigenvalue weighted by molar-refractivity contribution is 0.0251. The average molecular weight is 292 g/mol. The minimum atomic E-state index is 0.604. The standard InChI is InChI=1S/C16H28N4O/c1-14(11-19-7-9-21-10-8-19)18(2)12-15-3-4-16-17-5-6-20(16)13-15/h5-6,14-15H,3-4,7-13H2,1-2H3/t14-,15-/m0/s1. The monoisotopic (exact) mass is 292 g/mol. The fraction of sp³-hybridized carbons (Fsp3) is 0.812. The molecule has 5 heteroatoms. The van der Waals surface area contributed by atoms with Crippen molar-refractivity contribution in [2.24, 2.45) is 5.92 Å². The highest BCUT2D eigenvalue weighted by Gasteiger charge is 2.23. The maximum absolute atomic E-state index is 5.42. The number of hydrogen-bond donors (Lipinski definition) is 0. The molecule has 118 valence electrons. The van der Waals surface area contributed by atoms with Crippen LogP contribution in [0, 0.1) is 5.92 Å². The van der Waals surface area contributed by atoms with Gasteiger partial charge in [0.1, 0.15) is 5.82 Å². The molecule has 0 radical (unpaired) electrons. The molecule has 0 unspecified atom stereocenters. The second-order valence-corrected chi connectivity index (χ2v) is 6.60. The van der Waals surface area contributed by atoms with E-state index in [1.807, 2.05) is 6.20 Å². The predicted molar refractivity (Wildman–Crippen MR) is 83.4 cm³/mol. The van der Waals surface area contributed by atoms with E-state index in [1.165, 1.54) is 18.8 Å². The second kappa shape index (κ2) is 6.90. The van der Waals surface area contributed by atoms with E-state index in [2.05, 4.69) is 39.5 Å². The van der Waals surface area contributed by atoms with Crippen LogP contribution < -0.4 is 0 Å². The van der Waals surface area contributed by atoms with E-state index in [1.54, 1.807) is 0 Å². The number of morpholine rings is 1. The van der Waals surface area contributed by atoms with Crippen LogP contribution >= 0.6 is 0 Å². The van der Waals surface area contributed by atoms with E-state index in [0.29, 0.717) is 6.04 Å². The Morgan fingerprint density at radius 1 is 1.43 bits per heavy atom. The molecule has 3 heterocycles. The molecule has 1 fully saturated rings. The molecule has 2 atom stereocenters. The van der Waals surface area contributed by atoms with Crippen molar-refractivity contribution in [3.05, 3.63) is 18.2 Å². The van der Waals surface area contributed by atoms with Gasteiger partial charge in [-0.25, -0.2) is 4.98 Å². The highest BCUT2D eigenvalue weighted by atomic mass is 16.5. The van der Waals surface area contributed by atoms with E-state index in [-0.39, 0.29) is 0 Å². The maximum Gasteiger partial charge on any atom is 0.108 e. The van der Waals surface area contributed by atoms with Gasteiger partial charge in [0, 0.05) is 57.6 Å². The molecule has 0 bridgehead atoms. The summed E-state index contributed by atoms with van der Waals surface area (Å²) in [6.45, 7) is 9.77. The molecule has 1 aromatic rings. The number of nitrogens with zero attached hydrogens (tertiary/aromatic N) is 4. The predicted octanol–water partition coefficient (Wildman–Crippen LogP) is 1.10. The van der Waals surface area contributed by atoms with Gasteiger partial charge in [0.25, 0.3) is 0 Å². The zero-order valence-corrected chi connectivity index (χ0v) is 13.4. The van der Waals surface area contributed by atoms with Crippen LogP contribution in [0.25, 0.3) is 0 Å². The third kappa shape index (κ3) is 3.84. The molecule has 0 saturated carbocycles. The third-order valence-corrected chi connectivity index (χ3v) is 4.96.